The predicted octanol–water partition coefficient (Wildman–Crippen LogP) is 2.85. The number of hydrogen-bond donors (Lipinski definition) is 2. The van der Waals surface area contributed by atoms with E-state index in [4.69, 9.17) is 4.52 Å². The van der Waals surface area contributed by atoms with E-state index in [-0.39, 0.29) is 24.4 Å². The molecule has 2 N–H and O–H groups in total. The number of carbonyl (C=O) groups is 2. The zero-order valence-corrected chi connectivity index (χ0v) is 16.2. The summed E-state index contributed by atoms with van der Waals surface area (Å²) in [5.74, 6) is 1.17. The lowest BCUT2D eigenvalue weighted by molar-refractivity contribution is -0.121. The van der Waals surface area contributed by atoms with Gasteiger partial charge >= 0.3 is 0 Å². The van der Waals surface area contributed by atoms with Gasteiger partial charge in [0.05, 0.1) is 17.9 Å². The van der Waals surface area contributed by atoms with Crippen LogP contribution in [0, 0.1) is 6.92 Å². The summed E-state index contributed by atoms with van der Waals surface area (Å²) in [7, 11) is 0. The Bertz CT molecular complexity index is 787. The number of thioether (sulfide) groups is 1. The second-order valence-corrected chi connectivity index (χ2v) is 7.62. The van der Waals surface area contributed by atoms with Gasteiger partial charge in [-0.3, -0.25) is 9.59 Å². The van der Waals surface area contributed by atoms with Crippen LogP contribution in [0.5, 0.6) is 0 Å². The zero-order valence-electron chi connectivity index (χ0n) is 15.4. The Morgan fingerprint density at radius 1 is 1.22 bits per heavy atom. The van der Waals surface area contributed by atoms with Crippen molar-refractivity contribution in [3.63, 3.8) is 0 Å². The molecule has 0 aliphatic heterocycles. The van der Waals surface area contributed by atoms with Crippen molar-refractivity contribution in [1.82, 2.24) is 20.8 Å². The fourth-order valence-electron chi connectivity index (χ4n) is 3.10. The fourth-order valence-corrected chi connectivity index (χ4v) is 3.99. The SMILES string of the molecule is Cc1noc(CSc2ccccc2C(=O)NCC(=O)NC2CCCCC2)n1. The number of nitrogens with one attached hydrogen (secondary N) is 2. The first kappa shape index (κ1) is 19.4. The van der Waals surface area contributed by atoms with Crippen molar-refractivity contribution in [2.24, 2.45) is 0 Å². The Morgan fingerprint density at radius 2 is 2.00 bits per heavy atom. The average Bonchev–Trinajstić information content (AvgIpc) is 3.11. The highest BCUT2D eigenvalue weighted by atomic mass is 32.2. The zero-order chi connectivity index (χ0) is 19.1. The lowest BCUT2D eigenvalue weighted by Crippen LogP contribution is -2.42. The predicted molar refractivity (Wildman–Crippen MR) is 102 cm³/mol. The summed E-state index contributed by atoms with van der Waals surface area (Å²) in [5.41, 5.74) is 0.532. The third-order valence-corrected chi connectivity index (χ3v) is 5.49. The Labute approximate surface area is 162 Å². The number of aryl methyl sites for hydroxylation is 1. The molecular weight excluding hydrogens is 364 g/mol. The van der Waals surface area contributed by atoms with Crippen LogP contribution in [0.4, 0.5) is 0 Å². The molecule has 0 bridgehead atoms. The lowest BCUT2D eigenvalue weighted by atomic mass is 9.95. The molecule has 7 nitrogen and oxygen atoms in total. The summed E-state index contributed by atoms with van der Waals surface area (Å²) in [4.78, 5) is 29.6. The second kappa shape index (κ2) is 9.55. The van der Waals surface area contributed by atoms with Gasteiger partial charge in [0.1, 0.15) is 0 Å². The van der Waals surface area contributed by atoms with E-state index in [1.165, 1.54) is 18.2 Å². The van der Waals surface area contributed by atoms with Crippen molar-refractivity contribution in [2.75, 3.05) is 6.54 Å². The maximum atomic E-state index is 12.5. The molecular formula is C19H24N4O3S. The van der Waals surface area contributed by atoms with E-state index in [2.05, 4.69) is 20.8 Å². The summed E-state index contributed by atoms with van der Waals surface area (Å²) < 4.78 is 5.10. The number of carbonyl (C=O) groups excluding carboxylic acids is 2. The molecule has 1 aromatic heterocycles. The van der Waals surface area contributed by atoms with Gasteiger partial charge in [-0.25, -0.2) is 0 Å². The molecule has 1 aromatic carbocycles. The highest BCUT2D eigenvalue weighted by Crippen LogP contribution is 2.25. The minimum absolute atomic E-state index is 0.0167. The van der Waals surface area contributed by atoms with Crippen LogP contribution in [0.3, 0.4) is 0 Å². The third-order valence-electron chi connectivity index (χ3n) is 4.43. The molecule has 8 heteroatoms. The first-order chi connectivity index (χ1) is 13.1. The maximum Gasteiger partial charge on any atom is 0.252 e. The molecule has 27 heavy (non-hydrogen) atoms. The molecule has 1 heterocycles. The fraction of sp³-hybridized carbons (Fsp3) is 0.474. The lowest BCUT2D eigenvalue weighted by Gasteiger charge is -2.22. The van der Waals surface area contributed by atoms with Crippen molar-refractivity contribution < 1.29 is 14.1 Å². The van der Waals surface area contributed by atoms with Crippen LogP contribution in [0.25, 0.3) is 0 Å². The van der Waals surface area contributed by atoms with Crippen LogP contribution in [-0.4, -0.2) is 34.5 Å². The van der Waals surface area contributed by atoms with Crippen LogP contribution >= 0.6 is 11.8 Å². The molecule has 0 unspecified atom stereocenters. The molecule has 0 radical (unpaired) electrons. The van der Waals surface area contributed by atoms with E-state index in [1.807, 2.05) is 12.1 Å². The maximum absolute atomic E-state index is 12.5. The topological polar surface area (TPSA) is 97.1 Å². The summed E-state index contributed by atoms with van der Waals surface area (Å²) >= 11 is 1.45. The van der Waals surface area contributed by atoms with Crippen molar-refractivity contribution in [2.45, 2.75) is 55.7 Å². The van der Waals surface area contributed by atoms with Crippen LogP contribution in [0.1, 0.15) is 54.2 Å². The Morgan fingerprint density at radius 3 is 2.74 bits per heavy atom. The van der Waals surface area contributed by atoms with Crippen molar-refractivity contribution in [3.05, 3.63) is 41.5 Å². The number of hydrogen-bond acceptors (Lipinski definition) is 6. The van der Waals surface area contributed by atoms with Gasteiger partial charge in [0.2, 0.25) is 11.8 Å². The van der Waals surface area contributed by atoms with Gasteiger partial charge in [0, 0.05) is 10.9 Å². The monoisotopic (exact) mass is 388 g/mol. The van der Waals surface area contributed by atoms with Crippen molar-refractivity contribution >= 4 is 23.6 Å². The average molecular weight is 388 g/mol. The number of benzene rings is 1. The van der Waals surface area contributed by atoms with E-state index < -0.39 is 0 Å². The Hall–Kier alpha value is -2.35. The third kappa shape index (κ3) is 5.82. The molecule has 144 valence electrons. The number of rotatable bonds is 7. The van der Waals surface area contributed by atoms with Crippen LogP contribution < -0.4 is 10.6 Å². The minimum atomic E-state index is -0.265. The summed E-state index contributed by atoms with van der Waals surface area (Å²) in [6.45, 7) is 1.74. The van der Waals surface area contributed by atoms with Gasteiger partial charge in [-0.15, -0.1) is 11.8 Å². The molecule has 2 aromatic rings. The number of amides is 2. The van der Waals surface area contributed by atoms with E-state index in [9.17, 15) is 9.59 Å². The van der Waals surface area contributed by atoms with Gasteiger partial charge in [-0.2, -0.15) is 4.98 Å². The van der Waals surface area contributed by atoms with Gasteiger partial charge in [0.15, 0.2) is 5.82 Å². The molecule has 1 saturated carbocycles. The first-order valence-corrected chi connectivity index (χ1v) is 10.2. The molecule has 0 saturated heterocycles. The Balaban J connectivity index is 1.52. The second-order valence-electron chi connectivity index (χ2n) is 6.61. The normalized spacial score (nSPS) is 14.7. The van der Waals surface area contributed by atoms with E-state index in [0.717, 1.165) is 30.6 Å². The van der Waals surface area contributed by atoms with Gasteiger partial charge in [-0.1, -0.05) is 36.6 Å². The summed E-state index contributed by atoms with van der Waals surface area (Å²) in [5, 5.41) is 9.48. The molecule has 1 aliphatic carbocycles. The van der Waals surface area contributed by atoms with Gasteiger partial charge < -0.3 is 15.2 Å². The number of nitrogens with zero attached hydrogens (tertiary/aromatic N) is 2. The Kier molecular flexibility index (Phi) is 6.86. The highest BCUT2D eigenvalue weighted by molar-refractivity contribution is 7.98. The van der Waals surface area contributed by atoms with Crippen molar-refractivity contribution in [1.29, 1.82) is 0 Å². The minimum Gasteiger partial charge on any atom is -0.352 e. The van der Waals surface area contributed by atoms with Gasteiger partial charge in [-0.05, 0) is 31.9 Å². The standard InChI is InChI=1S/C19H24N4O3S/c1-13-21-18(26-23-13)12-27-16-10-6-5-9-15(16)19(25)20-11-17(24)22-14-7-3-2-4-8-14/h5-6,9-10,14H,2-4,7-8,11-12H2,1H3,(H,20,25)(H,22,24). The molecule has 0 atom stereocenters. The van der Waals surface area contributed by atoms with Crippen LogP contribution in [0.2, 0.25) is 0 Å². The van der Waals surface area contributed by atoms with Gasteiger partial charge in [0.25, 0.3) is 5.91 Å². The molecule has 1 fully saturated rings. The largest absolute Gasteiger partial charge is 0.352 e. The van der Waals surface area contributed by atoms with Crippen LogP contribution in [-0.2, 0) is 10.5 Å². The van der Waals surface area contributed by atoms with E-state index >= 15 is 0 Å². The molecule has 3 rings (SSSR count). The highest BCUT2D eigenvalue weighted by Gasteiger charge is 2.17. The van der Waals surface area contributed by atoms with E-state index in [1.54, 1.807) is 19.1 Å². The first-order valence-electron chi connectivity index (χ1n) is 9.20. The van der Waals surface area contributed by atoms with E-state index in [0.29, 0.717) is 23.0 Å². The smallest absolute Gasteiger partial charge is 0.252 e. The summed E-state index contributed by atoms with van der Waals surface area (Å²) in [6.07, 6.45) is 5.59. The quantitative estimate of drug-likeness (QED) is 0.708. The molecule has 0 spiro atoms. The van der Waals surface area contributed by atoms with Crippen molar-refractivity contribution in [3.8, 4) is 0 Å². The number of aromatic nitrogens is 2. The summed E-state index contributed by atoms with van der Waals surface area (Å²) in [6, 6.07) is 7.52. The molecule has 2 amide bonds. The van der Waals surface area contributed by atoms with Crippen LogP contribution in [0.15, 0.2) is 33.7 Å². The molecule has 1 aliphatic rings.